The highest BCUT2D eigenvalue weighted by atomic mass is 16.5. The number of nitrogens with zero attached hydrogens (tertiary/aromatic N) is 2. The van der Waals surface area contributed by atoms with Crippen molar-refractivity contribution in [2.45, 2.75) is 12.1 Å². The summed E-state index contributed by atoms with van der Waals surface area (Å²) in [6.45, 7) is 0.835. The average Bonchev–Trinajstić information content (AvgIpc) is 3.29. The third-order valence-electron chi connectivity index (χ3n) is 3.68. The molecule has 20 heavy (non-hydrogen) atoms. The molecule has 1 fully saturated rings. The second-order valence-corrected chi connectivity index (χ2v) is 4.93. The highest BCUT2D eigenvalue weighted by molar-refractivity contribution is 5.37. The zero-order chi connectivity index (χ0) is 13.9. The van der Waals surface area contributed by atoms with Gasteiger partial charge in [0.15, 0.2) is 0 Å². The summed E-state index contributed by atoms with van der Waals surface area (Å²) >= 11 is 0. The van der Waals surface area contributed by atoms with Crippen LogP contribution in [-0.4, -0.2) is 24.6 Å². The van der Waals surface area contributed by atoms with Crippen LogP contribution >= 0.6 is 0 Å². The number of rotatable bonds is 4. The summed E-state index contributed by atoms with van der Waals surface area (Å²) in [5.41, 5.74) is 2.41. The van der Waals surface area contributed by atoms with Crippen molar-refractivity contribution < 1.29 is 4.74 Å². The van der Waals surface area contributed by atoms with Gasteiger partial charge in [0.25, 0.3) is 0 Å². The van der Waals surface area contributed by atoms with Crippen molar-refractivity contribution in [2.75, 3.05) is 13.7 Å². The van der Waals surface area contributed by atoms with E-state index in [9.17, 15) is 0 Å². The van der Waals surface area contributed by atoms with Crippen LogP contribution in [0.2, 0.25) is 0 Å². The average molecular weight is 264 g/mol. The van der Waals surface area contributed by atoms with Crippen molar-refractivity contribution in [2.24, 2.45) is 0 Å². The van der Waals surface area contributed by atoms with Crippen molar-refractivity contribution >= 4 is 0 Å². The highest BCUT2D eigenvalue weighted by Gasteiger charge is 2.41. The topological polar surface area (TPSA) is 36.0 Å². The maximum atomic E-state index is 9.09. The standard InChI is InChI=1S/C17H16N2O/c1-20-16-9-7-14(8-10-16)17(19-12-15(19)11-18)13-5-3-2-4-6-13/h2-10,15,17H,12H2,1H3. The smallest absolute Gasteiger partial charge is 0.118 e. The lowest BCUT2D eigenvalue weighted by Crippen LogP contribution is -2.13. The van der Waals surface area contributed by atoms with Gasteiger partial charge < -0.3 is 4.74 Å². The molecule has 1 saturated heterocycles. The van der Waals surface area contributed by atoms with Gasteiger partial charge >= 0.3 is 0 Å². The molecule has 2 aromatic rings. The maximum absolute atomic E-state index is 9.09. The molecule has 0 bridgehead atoms. The Labute approximate surface area is 119 Å². The second kappa shape index (κ2) is 5.36. The van der Waals surface area contributed by atoms with Crippen LogP contribution in [0.3, 0.4) is 0 Å². The Kier molecular flexibility index (Phi) is 3.41. The predicted molar refractivity (Wildman–Crippen MR) is 77.4 cm³/mol. The third kappa shape index (κ3) is 2.38. The fraction of sp³-hybridized carbons (Fsp3) is 0.235. The lowest BCUT2D eigenvalue weighted by Gasteiger charge is -2.20. The number of methoxy groups -OCH3 is 1. The number of benzene rings is 2. The van der Waals surface area contributed by atoms with E-state index >= 15 is 0 Å². The molecule has 0 spiro atoms. The Morgan fingerprint density at radius 2 is 1.75 bits per heavy atom. The van der Waals surface area contributed by atoms with Crippen LogP contribution in [0.5, 0.6) is 5.75 Å². The SMILES string of the molecule is COc1ccc(C(c2ccccc2)N2CC2C#N)cc1. The molecule has 1 aliphatic heterocycles. The molecular formula is C17H16N2O. The summed E-state index contributed by atoms with van der Waals surface area (Å²) in [6.07, 6.45) is 0. The van der Waals surface area contributed by atoms with Gasteiger partial charge in [0.05, 0.1) is 19.2 Å². The van der Waals surface area contributed by atoms with Crippen molar-refractivity contribution in [3.63, 3.8) is 0 Å². The number of hydrogen-bond acceptors (Lipinski definition) is 3. The van der Waals surface area contributed by atoms with Crippen molar-refractivity contribution in [3.8, 4) is 11.8 Å². The van der Waals surface area contributed by atoms with Gasteiger partial charge in [0.2, 0.25) is 0 Å². The largest absolute Gasteiger partial charge is 0.497 e. The Hall–Kier alpha value is -2.31. The van der Waals surface area contributed by atoms with E-state index in [0.717, 1.165) is 12.3 Å². The summed E-state index contributed by atoms with van der Waals surface area (Å²) < 4.78 is 5.21. The molecule has 0 saturated carbocycles. The molecule has 3 rings (SSSR count). The Morgan fingerprint density at radius 3 is 2.30 bits per heavy atom. The first-order valence-corrected chi connectivity index (χ1v) is 6.67. The molecule has 100 valence electrons. The number of hydrogen-bond donors (Lipinski definition) is 0. The van der Waals surface area contributed by atoms with E-state index in [1.807, 2.05) is 30.3 Å². The first-order chi connectivity index (χ1) is 9.83. The second-order valence-electron chi connectivity index (χ2n) is 4.93. The van der Waals surface area contributed by atoms with Gasteiger partial charge in [-0.1, -0.05) is 42.5 Å². The van der Waals surface area contributed by atoms with Gasteiger partial charge in [-0.05, 0) is 23.3 Å². The van der Waals surface area contributed by atoms with Crippen LogP contribution in [0.25, 0.3) is 0 Å². The van der Waals surface area contributed by atoms with Gasteiger partial charge in [0.1, 0.15) is 11.8 Å². The molecular weight excluding hydrogens is 248 g/mol. The van der Waals surface area contributed by atoms with Crippen molar-refractivity contribution in [3.05, 3.63) is 65.7 Å². The van der Waals surface area contributed by atoms with E-state index in [1.54, 1.807) is 7.11 Å². The predicted octanol–water partition coefficient (Wildman–Crippen LogP) is 2.99. The summed E-state index contributed by atoms with van der Waals surface area (Å²) in [5.74, 6) is 0.850. The molecule has 2 aromatic carbocycles. The fourth-order valence-electron chi connectivity index (χ4n) is 2.55. The minimum absolute atomic E-state index is 0.0299. The van der Waals surface area contributed by atoms with Crippen LogP contribution in [-0.2, 0) is 0 Å². The Balaban J connectivity index is 1.95. The van der Waals surface area contributed by atoms with Gasteiger partial charge in [-0.3, -0.25) is 4.90 Å². The molecule has 1 aliphatic rings. The summed E-state index contributed by atoms with van der Waals surface area (Å²) in [7, 11) is 1.67. The van der Waals surface area contributed by atoms with E-state index in [0.29, 0.717) is 0 Å². The van der Waals surface area contributed by atoms with Gasteiger partial charge in [-0.15, -0.1) is 0 Å². The minimum Gasteiger partial charge on any atom is -0.497 e. The quantitative estimate of drug-likeness (QED) is 0.796. The van der Waals surface area contributed by atoms with E-state index in [1.165, 1.54) is 11.1 Å². The molecule has 3 unspecified atom stereocenters. The Bertz CT molecular complexity index is 616. The lowest BCUT2D eigenvalue weighted by molar-refractivity contribution is 0.413. The molecule has 0 N–H and O–H groups in total. The summed E-state index contributed by atoms with van der Waals surface area (Å²) in [5, 5.41) is 9.09. The first-order valence-electron chi connectivity index (χ1n) is 6.67. The normalized spacial score (nSPS) is 21.8. The van der Waals surface area contributed by atoms with Gasteiger partial charge in [0, 0.05) is 6.54 Å². The monoisotopic (exact) mass is 264 g/mol. The summed E-state index contributed by atoms with van der Waals surface area (Å²) in [4.78, 5) is 2.21. The van der Waals surface area contributed by atoms with Crippen LogP contribution in [0, 0.1) is 11.3 Å². The zero-order valence-electron chi connectivity index (χ0n) is 11.4. The lowest BCUT2D eigenvalue weighted by atomic mass is 9.98. The molecule has 3 atom stereocenters. The fourth-order valence-corrected chi connectivity index (χ4v) is 2.55. The molecule has 0 aliphatic carbocycles. The van der Waals surface area contributed by atoms with Crippen LogP contribution in [0.15, 0.2) is 54.6 Å². The molecule has 0 radical (unpaired) electrons. The zero-order valence-corrected chi connectivity index (χ0v) is 11.4. The number of nitriles is 1. The molecule has 0 aromatic heterocycles. The maximum Gasteiger partial charge on any atom is 0.118 e. The van der Waals surface area contributed by atoms with Gasteiger partial charge in [-0.2, -0.15) is 5.26 Å². The van der Waals surface area contributed by atoms with Crippen LogP contribution in [0.4, 0.5) is 0 Å². The minimum atomic E-state index is 0.0299. The first kappa shape index (κ1) is 12.7. The van der Waals surface area contributed by atoms with Crippen LogP contribution in [0.1, 0.15) is 17.2 Å². The Morgan fingerprint density at radius 1 is 1.10 bits per heavy atom. The molecule has 1 heterocycles. The van der Waals surface area contributed by atoms with E-state index in [4.69, 9.17) is 10.00 Å². The van der Waals surface area contributed by atoms with Gasteiger partial charge in [-0.25, -0.2) is 0 Å². The highest BCUT2D eigenvalue weighted by Crippen LogP contribution is 2.37. The number of ether oxygens (including phenoxy) is 1. The van der Waals surface area contributed by atoms with E-state index in [-0.39, 0.29) is 12.1 Å². The van der Waals surface area contributed by atoms with E-state index in [2.05, 4.69) is 35.2 Å². The molecule has 0 amide bonds. The summed E-state index contributed by atoms with van der Waals surface area (Å²) in [6, 6.07) is 20.9. The van der Waals surface area contributed by atoms with E-state index < -0.39 is 0 Å². The molecule has 3 heteroatoms. The molecule has 3 nitrogen and oxygen atoms in total. The third-order valence-corrected chi connectivity index (χ3v) is 3.68. The van der Waals surface area contributed by atoms with Crippen LogP contribution < -0.4 is 4.74 Å². The van der Waals surface area contributed by atoms with Crippen molar-refractivity contribution in [1.29, 1.82) is 5.26 Å². The van der Waals surface area contributed by atoms with Crippen molar-refractivity contribution in [1.82, 2.24) is 4.90 Å².